The number of rotatable bonds is 6. The van der Waals surface area contributed by atoms with E-state index in [0.29, 0.717) is 12.1 Å². The third-order valence-corrected chi connectivity index (χ3v) is 5.60. The van der Waals surface area contributed by atoms with Crippen molar-refractivity contribution in [3.63, 3.8) is 0 Å². The number of nitrogens with one attached hydrogen (secondary N) is 1. The second kappa shape index (κ2) is 7.81. The van der Waals surface area contributed by atoms with Crippen molar-refractivity contribution in [2.24, 2.45) is 0 Å². The van der Waals surface area contributed by atoms with Gasteiger partial charge >= 0.3 is 5.97 Å². The molecule has 140 valence electrons. The van der Waals surface area contributed by atoms with E-state index in [9.17, 15) is 13.2 Å². The van der Waals surface area contributed by atoms with Crippen molar-refractivity contribution in [2.75, 3.05) is 11.8 Å². The van der Waals surface area contributed by atoms with E-state index in [1.54, 1.807) is 41.5 Å². The predicted molar refractivity (Wildman–Crippen MR) is 101 cm³/mol. The molecule has 27 heavy (non-hydrogen) atoms. The fourth-order valence-corrected chi connectivity index (χ4v) is 4.05. The van der Waals surface area contributed by atoms with Gasteiger partial charge in [0.15, 0.2) is 0 Å². The molecule has 0 spiro atoms. The van der Waals surface area contributed by atoms with Crippen LogP contribution in [0, 0.1) is 0 Å². The highest BCUT2D eigenvalue weighted by Crippen LogP contribution is 2.27. The summed E-state index contributed by atoms with van der Waals surface area (Å²) in [5, 5.41) is 0.165. The average molecular weight is 406 g/mol. The number of halogens is 1. The van der Waals surface area contributed by atoms with Crippen LogP contribution in [0.2, 0.25) is 5.02 Å². The van der Waals surface area contributed by atoms with Gasteiger partial charge in [0.1, 0.15) is 0 Å². The van der Waals surface area contributed by atoms with Gasteiger partial charge in [-0.15, -0.1) is 0 Å². The van der Waals surface area contributed by atoms with Crippen LogP contribution in [0.25, 0.3) is 0 Å². The molecular weight excluding hydrogens is 390 g/mol. The van der Waals surface area contributed by atoms with Crippen LogP contribution in [0.4, 0.5) is 5.69 Å². The van der Waals surface area contributed by atoms with Crippen LogP contribution >= 0.6 is 11.6 Å². The van der Waals surface area contributed by atoms with E-state index < -0.39 is 16.0 Å². The molecule has 1 N–H and O–H groups in total. The number of carbonyl (C=O) groups excluding carboxylic acids is 1. The van der Waals surface area contributed by atoms with Crippen LogP contribution in [-0.4, -0.2) is 31.0 Å². The highest BCUT2D eigenvalue weighted by atomic mass is 35.5. The van der Waals surface area contributed by atoms with E-state index in [2.05, 4.69) is 14.4 Å². The van der Waals surface area contributed by atoms with Gasteiger partial charge in [0.05, 0.1) is 34.6 Å². The van der Waals surface area contributed by atoms with Gasteiger partial charge in [-0.2, -0.15) is 0 Å². The summed E-state index contributed by atoms with van der Waals surface area (Å²) in [5.74, 6) is -0.590. The summed E-state index contributed by atoms with van der Waals surface area (Å²) in [5.41, 5.74) is 0.867. The molecule has 0 saturated heterocycles. The van der Waals surface area contributed by atoms with Gasteiger partial charge in [0.2, 0.25) is 0 Å². The lowest BCUT2D eigenvalue weighted by molar-refractivity contribution is 0.0601. The molecular formula is C18H16ClN3O4S. The number of imidazole rings is 1. The zero-order valence-electron chi connectivity index (χ0n) is 14.3. The number of carbonyl (C=O) groups is 1. The lowest BCUT2D eigenvalue weighted by Crippen LogP contribution is -2.16. The molecule has 0 amide bonds. The Kier molecular flexibility index (Phi) is 5.48. The van der Waals surface area contributed by atoms with Gasteiger partial charge in [-0.05, 0) is 29.8 Å². The van der Waals surface area contributed by atoms with Crippen molar-refractivity contribution in [1.29, 1.82) is 0 Å². The topological polar surface area (TPSA) is 90.3 Å². The van der Waals surface area contributed by atoms with Gasteiger partial charge in [0.25, 0.3) is 10.0 Å². The summed E-state index contributed by atoms with van der Waals surface area (Å²) in [6, 6.07) is 10.9. The molecule has 1 heterocycles. The monoisotopic (exact) mass is 405 g/mol. The highest BCUT2D eigenvalue weighted by Gasteiger charge is 2.20. The standard InChI is InChI=1S/C18H16ClN3O4S/c1-26-18(23)13-6-7-15(19)16(10-13)21-27(24,25)17-5-3-2-4-14(17)11-22-9-8-20-12-22/h2-10,12,21H,11H2,1H3. The minimum absolute atomic E-state index is 0.0944. The third kappa shape index (κ3) is 4.29. The first kappa shape index (κ1) is 18.9. The molecule has 0 unspecified atom stereocenters. The molecule has 3 aromatic rings. The normalized spacial score (nSPS) is 11.2. The molecule has 0 bridgehead atoms. The van der Waals surface area contributed by atoms with Crippen molar-refractivity contribution in [2.45, 2.75) is 11.4 Å². The number of ether oxygens (including phenoxy) is 1. The van der Waals surface area contributed by atoms with Gasteiger partial charge in [-0.25, -0.2) is 18.2 Å². The number of hydrogen-bond donors (Lipinski definition) is 1. The number of esters is 1. The minimum Gasteiger partial charge on any atom is -0.465 e. The molecule has 0 aliphatic rings. The second-order valence-electron chi connectivity index (χ2n) is 5.63. The molecule has 3 rings (SSSR count). The Hall–Kier alpha value is -2.84. The fourth-order valence-electron chi connectivity index (χ4n) is 2.52. The molecule has 0 radical (unpaired) electrons. The quantitative estimate of drug-likeness (QED) is 0.636. The van der Waals surface area contributed by atoms with Gasteiger partial charge in [-0.3, -0.25) is 4.72 Å². The SMILES string of the molecule is COC(=O)c1ccc(Cl)c(NS(=O)(=O)c2ccccc2Cn2ccnc2)c1. The maximum atomic E-state index is 12.9. The number of sulfonamides is 1. The Morgan fingerprint density at radius 3 is 2.74 bits per heavy atom. The third-order valence-electron chi connectivity index (χ3n) is 3.81. The van der Waals surface area contributed by atoms with Crippen molar-refractivity contribution in [3.8, 4) is 0 Å². The second-order valence-corrected chi connectivity index (χ2v) is 7.69. The molecule has 0 aliphatic carbocycles. The first-order valence-electron chi connectivity index (χ1n) is 7.85. The summed E-state index contributed by atoms with van der Waals surface area (Å²) < 4.78 is 34.8. The summed E-state index contributed by atoms with van der Waals surface area (Å²) in [6.45, 7) is 0.340. The molecule has 1 aromatic heterocycles. The molecule has 7 nitrogen and oxygen atoms in total. The lowest BCUT2D eigenvalue weighted by atomic mass is 10.2. The summed E-state index contributed by atoms with van der Waals surface area (Å²) >= 11 is 6.10. The van der Waals surface area contributed by atoms with Crippen LogP contribution in [0.15, 0.2) is 66.1 Å². The maximum Gasteiger partial charge on any atom is 0.337 e. The van der Waals surface area contributed by atoms with E-state index in [-0.39, 0.29) is 21.2 Å². The number of nitrogens with zero attached hydrogens (tertiary/aromatic N) is 2. The molecule has 0 atom stereocenters. The largest absolute Gasteiger partial charge is 0.465 e. The minimum atomic E-state index is -3.94. The Morgan fingerprint density at radius 2 is 2.04 bits per heavy atom. The fraction of sp³-hybridized carbons (Fsp3) is 0.111. The lowest BCUT2D eigenvalue weighted by Gasteiger charge is -2.14. The van der Waals surface area contributed by atoms with E-state index in [1.165, 1.54) is 31.4 Å². The van der Waals surface area contributed by atoms with Crippen molar-refractivity contribution >= 4 is 33.3 Å². The molecule has 9 heteroatoms. The van der Waals surface area contributed by atoms with Crippen LogP contribution in [0.3, 0.4) is 0 Å². The number of hydrogen-bond acceptors (Lipinski definition) is 5. The molecule has 0 saturated carbocycles. The zero-order chi connectivity index (χ0) is 19.4. The Bertz CT molecular complexity index is 1070. The van der Waals surface area contributed by atoms with Crippen LogP contribution in [0.1, 0.15) is 15.9 Å². The van der Waals surface area contributed by atoms with Gasteiger partial charge in [0, 0.05) is 18.9 Å². The first-order chi connectivity index (χ1) is 12.9. The van der Waals surface area contributed by atoms with Crippen LogP contribution < -0.4 is 4.72 Å². The Morgan fingerprint density at radius 1 is 1.26 bits per heavy atom. The van der Waals surface area contributed by atoms with Gasteiger partial charge < -0.3 is 9.30 Å². The maximum absolute atomic E-state index is 12.9. The average Bonchev–Trinajstić information content (AvgIpc) is 3.16. The van der Waals surface area contributed by atoms with E-state index in [0.717, 1.165) is 0 Å². The van der Waals surface area contributed by atoms with Crippen molar-refractivity contribution in [1.82, 2.24) is 9.55 Å². The van der Waals surface area contributed by atoms with E-state index in [4.69, 9.17) is 11.6 Å². The zero-order valence-corrected chi connectivity index (χ0v) is 15.9. The number of benzene rings is 2. The highest BCUT2D eigenvalue weighted by molar-refractivity contribution is 7.92. The van der Waals surface area contributed by atoms with Crippen LogP contribution in [0.5, 0.6) is 0 Å². The molecule has 0 aliphatic heterocycles. The van der Waals surface area contributed by atoms with E-state index >= 15 is 0 Å². The molecule has 2 aromatic carbocycles. The summed E-state index contributed by atoms with van der Waals surface area (Å²) in [7, 11) is -2.70. The number of anilines is 1. The molecule has 0 fully saturated rings. The van der Waals surface area contributed by atoms with Crippen molar-refractivity contribution in [3.05, 3.63) is 77.3 Å². The summed E-state index contributed by atoms with van der Waals surface area (Å²) in [4.78, 5) is 15.8. The smallest absolute Gasteiger partial charge is 0.337 e. The summed E-state index contributed by atoms with van der Waals surface area (Å²) in [6.07, 6.45) is 4.97. The van der Waals surface area contributed by atoms with Crippen molar-refractivity contribution < 1.29 is 17.9 Å². The number of aromatic nitrogens is 2. The Labute approximate surface area is 161 Å². The van der Waals surface area contributed by atoms with E-state index in [1.807, 2.05) is 0 Å². The first-order valence-corrected chi connectivity index (χ1v) is 9.71. The predicted octanol–water partition coefficient (Wildman–Crippen LogP) is 3.17. The van der Waals surface area contributed by atoms with Gasteiger partial charge in [-0.1, -0.05) is 29.8 Å². The van der Waals surface area contributed by atoms with Crippen LogP contribution in [-0.2, 0) is 21.3 Å². The Balaban J connectivity index is 1.95. The number of methoxy groups -OCH3 is 1.